The SMILES string of the molecule is C#CCN(C)Cc1ccccc1C(F)(F)F. The minimum atomic E-state index is -4.31. The van der Waals surface area contributed by atoms with Crippen molar-refractivity contribution >= 4 is 0 Å². The number of terminal acetylenes is 1. The largest absolute Gasteiger partial charge is 0.416 e. The van der Waals surface area contributed by atoms with E-state index >= 15 is 0 Å². The van der Waals surface area contributed by atoms with Crippen molar-refractivity contribution in [2.75, 3.05) is 13.6 Å². The lowest BCUT2D eigenvalue weighted by molar-refractivity contribution is -0.138. The van der Waals surface area contributed by atoms with Crippen LogP contribution < -0.4 is 0 Å². The van der Waals surface area contributed by atoms with Crippen molar-refractivity contribution in [3.63, 3.8) is 0 Å². The summed E-state index contributed by atoms with van der Waals surface area (Å²) < 4.78 is 37.9. The molecular formula is C12H12F3N. The van der Waals surface area contributed by atoms with Crippen molar-refractivity contribution in [3.05, 3.63) is 35.4 Å². The molecule has 0 spiro atoms. The molecule has 0 aliphatic heterocycles. The van der Waals surface area contributed by atoms with E-state index in [1.165, 1.54) is 12.1 Å². The second-order valence-corrected chi connectivity index (χ2v) is 3.53. The first-order chi connectivity index (χ1) is 7.45. The zero-order valence-corrected chi connectivity index (χ0v) is 8.88. The smallest absolute Gasteiger partial charge is 0.291 e. The molecule has 4 heteroatoms. The topological polar surface area (TPSA) is 3.24 Å². The molecule has 16 heavy (non-hydrogen) atoms. The highest BCUT2D eigenvalue weighted by atomic mass is 19.4. The van der Waals surface area contributed by atoms with Crippen molar-refractivity contribution in [2.45, 2.75) is 12.7 Å². The van der Waals surface area contributed by atoms with Crippen molar-refractivity contribution in [3.8, 4) is 12.3 Å². The highest BCUT2D eigenvalue weighted by molar-refractivity contribution is 5.29. The summed E-state index contributed by atoms with van der Waals surface area (Å²) in [6.07, 6.45) is 0.781. The minimum absolute atomic E-state index is 0.194. The van der Waals surface area contributed by atoms with Gasteiger partial charge in [-0.3, -0.25) is 4.90 Å². The molecule has 0 N–H and O–H groups in total. The average molecular weight is 227 g/mol. The number of nitrogens with zero attached hydrogens (tertiary/aromatic N) is 1. The molecule has 1 aromatic rings. The van der Waals surface area contributed by atoms with Gasteiger partial charge in [0.15, 0.2) is 0 Å². The third-order valence-electron chi connectivity index (χ3n) is 2.12. The Morgan fingerprint density at radius 3 is 2.50 bits per heavy atom. The third-order valence-corrected chi connectivity index (χ3v) is 2.12. The van der Waals surface area contributed by atoms with Crippen LogP contribution in [0.25, 0.3) is 0 Å². The van der Waals surface area contributed by atoms with Crippen LogP contribution >= 0.6 is 0 Å². The average Bonchev–Trinajstić information content (AvgIpc) is 2.17. The number of hydrogen-bond donors (Lipinski definition) is 0. The fraction of sp³-hybridized carbons (Fsp3) is 0.333. The van der Waals surface area contributed by atoms with E-state index in [9.17, 15) is 13.2 Å². The van der Waals surface area contributed by atoms with E-state index in [2.05, 4.69) is 5.92 Å². The lowest BCUT2D eigenvalue weighted by Gasteiger charge is -2.17. The highest BCUT2D eigenvalue weighted by Gasteiger charge is 2.32. The van der Waals surface area contributed by atoms with Crippen LogP contribution in [-0.4, -0.2) is 18.5 Å². The summed E-state index contributed by atoms with van der Waals surface area (Å²) in [7, 11) is 1.69. The third kappa shape index (κ3) is 3.28. The number of hydrogen-bond acceptors (Lipinski definition) is 1. The Kier molecular flexibility index (Phi) is 3.97. The fourth-order valence-corrected chi connectivity index (χ4v) is 1.44. The van der Waals surface area contributed by atoms with Gasteiger partial charge < -0.3 is 0 Å². The quantitative estimate of drug-likeness (QED) is 0.718. The van der Waals surface area contributed by atoms with Crippen LogP contribution in [0.3, 0.4) is 0 Å². The molecule has 0 fully saturated rings. The second kappa shape index (κ2) is 5.04. The molecule has 0 radical (unpaired) electrons. The molecule has 1 rings (SSSR count). The van der Waals surface area contributed by atoms with Gasteiger partial charge in [-0.05, 0) is 18.7 Å². The fourth-order valence-electron chi connectivity index (χ4n) is 1.44. The number of benzene rings is 1. The van der Waals surface area contributed by atoms with Gasteiger partial charge in [0.2, 0.25) is 0 Å². The molecule has 0 atom stereocenters. The molecule has 1 nitrogen and oxygen atoms in total. The molecule has 0 heterocycles. The first-order valence-electron chi connectivity index (χ1n) is 4.72. The maximum atomic E-state index is 12.6. The zero-order valence-electron chi connectivity index (χ0n) is 8.88. The van der Waals surface area contributed by atoms with E-state index in [-0.39, 0.29) is 12.1 Å². The monoisotopic (exact) mass is 227 g/mol. The van der Waals surface area contributed by atoms with Gasteiger partial charge in [0.1, 0.15) is 0 Å². The van der Waals surface area contributed by atoms with Crippen LogP contribution in [0, 0.1) is 12.3 Å². The Morgan fingerprint density at radius 2 is 1.94 bits per heavy atom. The molecule has 0 saturated heterocycles. The Labute approximate surface area is 92.9 Å². The summed E-state index contributed by atoms with van der Waals surface area (Å²) in [5.41, 5.74) is -0.355. The van der Waals surface area contributed by atoms with Gasteiger partial charge in [-0.2, -0.15) is 13.2 Å². The summed E-state index contributed by atoms with van der Waals surface area (Å²) in [4.78, 5) is 1.66. The van der Waals surface area contributed by atoms with Crippen LogP contribution in [0.4, 0.5) is 13.2 Å². The minimum Gasteiger partial charge on any atom is -0.291 e. The van der Waals surface area contributed by atoms with Gasteiger partial charge in [0.05, 0.1) is 12.1 Å². The summed E-state index contributed by atoms with van der Waals surface area (Å²) in [5.74, 6) is 2.39. The van der Waals surface area contributed by atoms with Gasteiger partial charge in [-0.25, -0.2) is 0 Å². The van der Waals surface area contributed by atoms with Crippen molar-refractivity contribution in [1.29, 1.82) is 0 Å². The van der Waals surface area contributed by atoms with Crippen LogP contribution in [0.1, 0.15) is 11.1 Å². The number of halogens is 3. The van der Waals surface area contributed by atoms with Gasteiger partial charge in [0.25, 0.3) is 0 Å². The maximum Gasteiger partial charge on any atom is 0.416 e. The van der Waals surface area contributed by atoms with Crippen LogP contribution in [0.2, 0.25) is 0 Å². The van der Waals surface area contributed by atoms with E-state index in [1.54, 1.807) is 18.0 Å². The number of alkyl halides is 3. The molecule has 0 unspecified atom stereocenters. The first-order valence-corrected chi connectivity index (χ1v) is 4.72. The molecule has 0 saturated carbocycles. The van der Waals surface area contributed by atoms with Gasteiger partial charge in [-0.1, -0.05) is 24.1 Å². The Bertz CT molecular complexity index is 390. The molecule has 1 aromatic carbocycles. The van der Waals surface area contributed by atoms with E-state index in [4.69, 9.17) is 6.42 Å². The Morgan fingerprint density at radius 1 is 1.31 bits per heavy atom. The van der Waals surface area contributed by atoms with Gasteiger partial charge in [0, 0.05) is 6.54 Å². The van der Waals surface area contributed by atoms with Crippen LogP contribution in [0.15, 0.2) is 24.3 Å². The second-order valence-electron chi connectivity index (χ2n) is 3.53. The lowest BCUT2D eigenvalue weighted by atomic mass is 10.1. The van der Waals surface area contributed by atoms with Crippen LogP contribution in [0.5, 0.6) is 0 Å². The molecule has 86 valence electrons. The van der Waals surface area contributed by atoms with Gasteiger partial charge >= 0.3 is 6.18 Å². The van der Waals surface area contributed by atoms with Crippen LogP contribution in [-0.2, 0) is 12.7 Å². The predicted octanol–water partition coefficient (Wildman–Crippen LogP) is 2.77. The highest BCUT2D eigenvalue weighted by Crippen LogP contribution is 2.32. The standard InChI is InChI=1S/C12H12F3N/c1-3-8-16(2)9-10-6-4-5-7-11(10)12(13,14)15/h1,4-7H,8-9H2,2H3. The van der Waals surface area contributed by atoms with E-state index < -0.39 is 11.7 Å². The molecule has 0 bridgehead atoms. The number of rotatable bonds is 3. The summed E-state index contributed by atoms with van der Waals surface area (Å²) >= 11 is 0. The summed E-state index contributed by atoms with van der Waals surface area (Å²) in [5, 5.41) is 0. The molecule has 0 aliphatic carbocycles. The summed E-state index contributed by atoms with van der Waals surface area (Å²) in [6, 6.07) is 5.52. The first kappa shape index (κ1) is 12.6. The maximum absolute atomic E-state index is 12.6. The normalized spacial score (nSPS) is 11.5. The lowest BCUT2D eigenvalue weighted by Crippen LogP contribution is -2.20. The Hall–Kier alpha value is -1.47. The van der Waals surface area contributed by atoms with Crippen molar-refractivity contribution < 1.29 is 13.2 Å². The van der Waals surface area contributed by atoms with E-state index in [0.717, 1.165) is 6.07 Å². The zero-order chi connectivity index (χ0) is 12.2. The summed E-state index contributed by atoms with van der Waals surface area (Å²) in [6.45, 7) is 0.520. The molecule has 0 aromatic heterocycles. The van der Waals surface area contributed by atoms with E-state index in [0.29, 0.717) is 6.54 Å². The Balaban J connectivity index is 2.92. The molecule has 0 aliphatic rings. The molecular weight excluding hydrogens is 215 g/mol. The van der Waals surface area contributed by atoms with Gasteiger partial charge in [-0.15, -0.1) is 6.42 Å². The van der Waals surface area contributed by atoms with Crippen molar-refractivity contribution in [1.82, 2.24) is 4.90 Å². The molecule has 0 amide bonds. The van der Waals surface area contributed by atoms with Crippen molar-refractivity contribution in [2.24, 2.45) is 0 Å². The predicted molar refractivity (Wildman–Crippen MR) is 56.6 cm³/mol. The van der Waals surface area contributed by atoms with E-state index in [1.807, 2.05) is 0 Å².